The fourth-order valence-corrected chi connectivity index (χ4v) is 9.64. The average molecular weight is 686 g/mol. The van der Waals surface area contributed by atoms with E-state index in [0.717, 1.165) is 25.7 Å². The Hall–Kier alpha value is -3.50. The van der Waals surface area contributed by atoms with E-state index in [9.17, 15) is 8.42 Å². The number of pyridine rings is 2. The zero-order chi connectivity index (χ0) is 32.2. The molecule has 1 unspecified atom stereocenters. The fourth-order valence-electron chi connectivity index (χ4n) is 6.98. The monoisotopic (exact) mass is 684 g/mol. The topological polar surface area (TPSA) is 104 Å². The Balaban J connectivity index is 1.26. The third-order valence-electron chi connectivity index (χ3n) is 9.07. The van der Waals surface area contributed by atoms with Gasteiger partial charge in [0, 0.05) is 66.3 Å². The first kappa shape index (κ1) is 31.1. The summed E-state index contributed by atoms with van der Waals surface area (Å²) in [4.78, 5) is 14.4. The van der Waals surface area contributed by atoms with Crippen molar-refractivity contribution >= 4 is 55.4 Å². The summed E-state index contributed by atoms with van der Waals surface area (Å²) in [6.07, 6.45) is 7.63. The molecule has 3 fully saturated rings. The number of fused-ring (bicyclic) bond motifs is 1. The second-order valence-corrected chi connectivity index (χ2v) is 15.4. The van der Waals surface area contributed by atoms with Gasteiger partial charge >= 0.3 is 0 Å². The van der Waals surface area contributed by atoms with Crippen molar-refractivity contribution in [1.29, 1.82) is 0 Å². The van der Waals surface area contributed by atoms with Gasteiger partial charge in [-0.3, -0.25) is 9.97 Å². The van der Waals surface area contributed by atoms with Crippen LogP contribution in [0.4, 0.5) is 15.9 Å². The Morgan fingerprint density at radius 3 is 2.63 bits per heavy atom. The van der Waals surface area contributed by atoms with Crippen molar-refractivity contribution in [2.75, 3.05) is 36.1 Å². The Morgan fingerprint density at radius 2 is 1.93 bits per heavy atom. The maximum absolute atomic E-state index is 15.7. The quantitative estimate of drug-likeness (QED) is 0.194. The SMILES string of the molecule is [C-]#[N+]c1cc(-c2nn(C3CCCCO3)c3cc(F)c(O[C@H](C)c4c(Cl)cncc4Cl)cc23)cnc1N1CC2(CCCS(=O)(=O)C2)C1. The molecule has 3 aliphatic heterocycles. The van der Waals surface area contributed by atoms with E-state index in [0.29, 0.717) is 75.4 Å². The molecule has 2 atom stereocenters. The van der Waals surface area contributed by atoms with Gasteiger partial charge in [-0.2, -0.15) is 5.10 Å². The lowest BCUT2D eigenvalue weighted by molar-refractivity contribution is -0.0365. The van der Waals surface area contributed by atoms with Crippen molar-refractivity contribution < 1.29 is 22.3 Å². The molecule has 0 N–H and O–H groups in total. The summed E-state index contributed by atoms with van der Waals surface area (Å²) in [5.74, 6) is 0.325. The molecule has 0 bridgehead atoms. The van der Waals surface area contributed by atoms with Gasteiger partial charge in [-0.25, -0.2) is 22.3 Å². The van der Waals surface area contributed by atoms with Crippen LogP contribution in [0.3, 0.4) is 0 Å². The van der Waals surface area contributed by atoms with Gasteiger partial charge in [-0.1, -0.05) is 23.2 Å². The molecular formula is C32H31Cl2FN6O4S. The van der Waals surface area contributed by atoms with E-state index in [1.54, 1.807) is 29.9 Å². The van der Waals surface area contributed by atoms with Gasteiger partial charge in [0.2, 0.25) is 5.69 Å². The highest BCUT2D eigenvalue weighted by Gasteiger charge is 2.48. The second kappa shape index (κ2) is 11.9. The molecule has 10 nitrogen and oxygen atoms in total. The summed E-state index contributed by atoms with van der Waals surface area (Å²) in [6, 6.07) is 4.71. The number of ether oxygens (including phenoxy) is 2. The lowest BCUT2D eigenvalue weighted by atomic mass is 9.77. The van der Waals surface area contributed by atoms with Gasteiger partial charge in [-0.15, -0.1) is 0 Å². The van der Waals surface area contributed by atoms with Crippen LogP contribution in [0.25, 0.3) is 27.0 Å². The van der Waals surface area contributed by atoms with Crippen LogP contribution in [0.5, 0.6) is 5.75 Å². The minimum atomic E-state index is -3.06. The van der Waals surface area contributed by atoms with E-state index >= 15 is 4.39 Å². The molecule has 1 aromatic carbocycles. The van der Waals surface area contributed by atoms with Crippen LogP contribution in [0.2, 0.25) is 10.0 Å². The normalized spacial score (nSPS) is 21.1. The van der Waals surface area contributed by atoms with Gasteiger partial charge in [0.25, 0.3) is 0 Å². The first-order valence-electron chi connectivity index (χ1n) is 15.2. The van der Waals surface area contributed by atoms with E-state index < -0.39 is 21.8 Å². The lowest BCUT2D eigenvalue weighted by Crippen LogP contribution is -2.61. The maximum atomic E-state index is 15.7. The number of hydrogen-bond donors (Lipinski definition) is 0. The Kier molecular flexibility index (Phi) is 8.08. The van der Waals surface area contributed by atoms with E-state index in [4.69, 9.17) is 44.3 Å². The Labute approximate surface area is 276 Å². The van der Waals surface area contributed by atoms with Gasteiger partial charge in [0.1, 0.15) is 17.6 Å². The van der Waals surface area contributed by atoms with E-state index in [2.05, 4.69) is 14.8 Å². The molecule has 1 spiro atoms. The van der Waals surface area contributed by atoms with Crippen molar-refractivity contribution in [3.05, 3.63) is 69.6 Å². The predicted octanol–water partition coefficient (Wildman–Crippen LogP) is 7.34. The molecule has 46 heavy (non-hydrogen) atoms. The van der Waals surface area contributed by atoms with Crippen molar-refractivity contribution in [2.45, 2.75) is 51.4 Å². The van der Waals surface area contributed by atoms with Crippen LogP contribution in [0.1, 0.15) is 56.9 Å². The van der Waals surface area contributed by atoms with E-state index in [1.165, 1.54) is 18.5 Å². The molecule has 3 aliphatic rings. The van der Waals surface area contributed by atoms with Gasteiger partial charge in [0.15, 0.2) is 27.6 Å². The van der Waals surface area contributed by atoms with Crippen molar-refractivity contribution in [3.8, 4) is 17.0 Å². The molecule has 7 rings (SSSR count). The molecule has 0 aliphatic carbocycles. The number of aromatic nitrogens is 4. The molecule has 14 heteroatoms. The predicted molar refractivity (Wildman–Crippen MR) is 174 cm³/mol. The molecule has 4 aromatic rings. The second-order valence-electron chi connectivity index (χ2n) is 12.4. The summed E-state index contributed by atoms with van der Waals surface area (Å²) >= 11 is 12.7. The number of anilines is 1. The highest BCUT2D eigenvalue weighted by molar-refractivity contribution is 7.91. The molecule has 6 heterocycles. The van der Waals surface area contributed by atoms with Gasteiger partial charge in [0.05, 0.1) is 33.6 Å². The average Bonchev–Trinajstić information content (AvgIpc) is 3.37. The third-order valence-corrected chi connectivity index (χ3v) is 11.6. The minimum Gasteiger partial charge on any atom is -0.483 e. The van der Waals surface area contributed by atoms with Crippen molar-refractivity contribution in [1.82, 2.24) is 19.7 Å². The first-order chi connectivity index (χ1) is 22.1. The number of hydrogen-bond acceptors (Lipinski definition) is 8. The van der Waals surface area contributed by atoms with E-state index in [-0.39, 0.29) is 28.9 Å². The first-order valence-corrected chi connectivity index (χ1v) is 17.8. The largest absolute Gasteiger partial charge is 0.483 e. The molecule has 3 aromatic heterocycles. The van der Waals surface area contributed by atoms with Crippen LogP contribution in [-0.2, 0) is 14.6 Å². The highest BCUT2D eigenvalue weighted by Crippen LogP contribution is 2.45. The number of nitrogens with zero attached hydrogens (tertiary/aromatic N) is 6. The molecular weight excluding hydrogens is 654 g/mol. The van der Waals surface area contributed by atoms with Crippen molar-refractivity contribution in [2.24, 2.45) is 5.41 Å². The summed E-state index contributed by atoms with van der Waals surface area (Å²) in [5, 5.41) is 6.11. The van der Waals surface area contributed by atoms with Crippen LogP contribution in [0.15, 0.2) is 36.8 Å². The zero-order valence-electron chi connectivity index (χ0n) is 25.0. The highest BCUT2D eigenvalue weighted by atomic mass is 35.5. The Bertz CT molecular complexity index is 1970. The van der Waals surface area contributed by atoms with Crippen LogP contribution in [0, 0.1) is 17.8 Å². The van der Waals surface area contributed by atoms with Crippen LogP contribution >= 0.6 is 23.2 Å². The zero-order valence-corrected chi connectivity index (χ0v) is 27.4. The van der Waals surface area contributed by atoms with Gasteiger partial charge < -0.3 is 14.4 Å². The number of halogens is 3. The molecule has 3 saturated heterocycles. The molecule has 0 saturated carbocycles. The summed E-state index contributed by atoms with van der Waals surface area (Å²) in [6.45, 7) is 11.3. The van der Waals surface area contributed by atoms with Crippen LogP contribution in [-0.4, -0.2) is 59.4 Å². The standard InChI is InChI=1S/C32H31Cl2FN6O4S/c1-19(29-22(33)14-37-15-23(29)34)45-27-11-21-26(12-24(27)35)41(28-6-3-4-8-44-28)39-30(21)20-10-25(36-2)31(38-13-20)40-16-32(17-40)7-5-9-46(42,43)18-32/h10-15,19,28H,3-9,16-18H2,1H3/t19-,28?/m1/s1. The minimum absolute atomic E-state index is 0.0161. The number of rotatable bonds is 6. The molecule has 0 amide bonds. The van der Waals surface area contributed by atoms with Gasteiger partial charge in [-0.05, 0) is 51.2 Å². The summed E-state index contributed by atoms with van der Waals surface area (Å²) < 4.78 is 54.1. The number of sulfone groups is 1. The Morgan fingerprint density at radius 1 is 1.15 bits per heavy atom. The number of benzene rings is 1. The molecule has 240 valence electrons. The smallest absolute Gasteiger partial charge is 0.229 e. The summed E-state index contributed by atoms with van der Waals surface area (Å²) in [5.41, 5.74) is 2.14. The lowest BCUT2D eigenvalue weighted by Gasteiger charge is -2.52. The van der Waals surface area contributed by atoms with Crippen LogP contribution < -0.4 is 9.64 Å². The molecule has 0 radical (unpaired) electrons. The van der Waals surface area contributed by atoms with E-state index in [1.807, 2.05) is 4.90 Å². The fraction of sp³-hybridized carbons (Fsp3) is 0.438. The van der Waals surface area contributed by atoms with Crippen molar-refractivity contribution in [3.63, 3.8) is 0 Å². The third kappa shape index (κ3) is 5.68. The maximum Gasteiger partial charge on any atom is 0.229 e. The summed E-state index contributed by atoms with van der Waals surface area (Å²) in [7, 11) is -3.06.